The monoisotopic (exact) mass is 481 g/mol. The Kier molecular flexibility index (Phi) is 6.93. The minimum atomic E-state index is -0.333. The second kappa shape index (κ2) is 9.89. The summed E-state index contributed by atoms with van der Waals surface area (Å²) >= 11 is 6.52. The van der Waals surface area contributed by atoms with Crippen molar-refractivity contribution in [2.45, 2.75) is 33.2 Å². The van der Waals surface area contributed by atoms with Gasteiger partial charge in [0.25, 0.3) is 5.91 Å². The number of piperazine rings is 1. The maximum atomic E-state index is 13.3. The van der Waals surface area contributed by atoms with Gasteiger partial charge in [0.2, 0.25) is 0 Å². The summed E-state index contributed by atoms with van der Waals surface area (Å²) in [5, 5.41) is 11.3. The van der Waals surface area contributed by atoms with Crippen LogP contribution in [0.3, 0.4) is 0 Å². The van der Waals surface area contributed by atoms with Crippen LogP contribution >= 0.6 is 11.6 Å². The van der Waals surface area contributed by atoms with E-state index in [1.165, 1.54) is 0 Å². The molecule has 1 aromatic heterocycles. The molecule has 1 aliphatic rings. The van der Waals surface area contributed by atoms with Crippen LogP contribution in [0.25, 0.3) is 22.2 Å². The van der Waals surface area contributed by atoms with Crippen LogP contribution in [0.15, 0.2) is 42.5 Å². The van der Waals surface area contributed by atoms with E-state index in [9.17, 15) is 14.7 Å². The van der Waals surface area contributed by atoms with E-state index < -0.39 is 0 Å². The van der Waals surface area contributed by atoms with Gasteiger partial charge < -0.3 is 19.6 Å². The Labute approximate surface area is 203 Å². The Morgan fingerprint density at radius 2 is 1.97 bits per heavy atom. The fraction of sp³-hybridized carbons (Fsp3) is 0.346. The Morgan fingerprint density at radius 1 is 1.18 bits per heavy atom. The Bertz CT molecular complexity index is 1250. The largest absolute Gasteiger partial charge is 0.508 e. The summed E-state index contributed by atoms with van der Waals surface area (Å²) in [6.07, 6.45) is 0.437. The summed E-state index contributed by atoms with van der Waals surface area (Å²) in [7, 11) is 0. The van der Waals surface area contributed by atoms with Crippen molar-refractivity contribution < 1.29 is 19.4 Å². The molecule has 2 aromatic carbocycles. The molecular weight excluding hydrogens is 454 g/mol. The lowest BCUT2D eigenvalue weighted by Crippen LogP contribution is -2.55. The molecule has 4 rings (SSSR count). The lowest BCUT2D eigenvalue weighted by atomic mass is 10.0. The summed E-state index contributed by atoms with van der Waals surface area (Å²) < 4.78 is 5.25. The number of phenols is 1. The maximum Gasteiger partial charge on any atom is 0.410 e. The van der Waals surface area contributed by atoms with E-state index in [-0.39, 0.29) is 23.8 Å². The number of hydrogen-bond acceptors (Lipinski definition) is 5. The molecule has 1 atom stereocenters. The van der Waals surface area contributed by atoms with Crippen molar-refractivity contribution >= 4 is 34.5 Å². The number of pyridine rings is 1. The molecule has 8 heteroatoms. The number of rotatable bonds is 4. The van der Waals surface area contributed by atoms with E-state index >= 15 is 0 Å². The van der Waals surface area contributed by atoms with Crippen molar-refractivity contribution in [3.05, 3.63) is 58.6 Å². The Hall–Kier alpha value is -3.32. The number of aryl methyl sites for hydroxylation is 1. The predicted octanol–water partition coefficient (Wildman–Crippen LogP) is 5.26. The highest BCUT2D eigenvalue weighted by atomic mass is 35.5. The topological polar surface area (TPSA) is 83.0 Å². The second-order valence-corrected chi connectivity index (χ2v) is 9.04. The van der Waals surface area contributed by atoms with E-state index in [4.69, 9.17) is 21.3 Å². The number of aromatic hydroxyl groups is 1. The van der Waals surface area contributed by atoms with Gasteiger partial charge in [-0.1, -0.05) is 36.7 Å². The highest BCUT2D eigenvalue weighted by molar-refractivity contribution is 6.35. The number of benzene rings is 2. The molecule has 0 bridgehead atoms. The van der Waals surface area contributed by atoms with Gasteiger partial charge in [-0.15, -0.1) is 0 Å². The van der Waals surface area contributed by atoms with Gasteiger partial charge in [-0.25, -0.2) is 9.78 Å². The van der Waals surface area contributed by atoms with Crippen molar-refractivity contribution in [2.24, 2.45) is 0 Å². The first kappa shape index (κ1) is 23.8. The van der Waals surface area contributed by atoms with Gasteiger partial charge in [-0.05, 0) is 50.1 Å². The molecule has 3 aromatic rings. The van der Waals surface area contributed by atoms with Crippen molar-refractivity contribution in [1.29, 1.82) is 0 Å². The average molecular weight is 482 g/mol. The molecule has 2 amide bonds. The number of halogens is 1. The first-order chi connectivity index (χ1) is 16.3. The third-order valence-electron chi connectivity index (χ3n) is 6.09. The molecule has 7 nitrogen and oxygen atoms in total. The molecule has 0 aliphatic carbocycles. The SMILES string of the molecule is CCCOC(=O)N1CCN(C(=O)c2ccc3c(Cl)cc(-c4ccc(C)c(O)c4)nc3c2)CC1C. The zero-order valence-corrected chi connectivity index (χ0v) is 20.3. The molecule has 0 spiro atoms. The summed E-state index contributed by atoms with van der Waals surface area (Å²) in [6, 6.07) is 12.3. The maximum absolute atomic E-state index is 13.3. The molecule has 0 saturated carbocycles. The molecule has 0 radical (unpaired) electrons. The fourth-order valence-electron chi connectivity index (χ4n) is 4.10. The number of ether oxygens (including phenoxy) is 1. The van der Waals surface area contributed by atoms with Crippen molar-refractivity contribution in [3.8, 4) is 17.0 Å². The molecule has 1 fully saturated rings. The van der Waals surface area contributed by atoms with Gasteiger partial charge in [-0.3, -0.25) is 4.79 Å². The van der Waals surface area contributed by atoms with E-state index in [1.54, 1.807) is 40.1 Å². The lowest BCUT2D eigenvalue weighted by molar-refractivity contribution is 0.0412. The van der Waals surface area contributed by atoms with Crippen LogP contribution in [-0.4, -0.2) is 64.2 Å². The first-order valence-corrected chi connectivity index (χ1v) is 11.8. The van der Waals surface area contributed by atoms with Crippen LogP contribution in [-0.2, 0) is 4.74 Å². The van der Waals surface area contributed by atoms with Crippen molar-refractivity contribution in [3.63, 3.8) is 0 Å². The molecule has 1 aliphatic heterocycles. The number of nitrogens with zero attached hydrogens (tertiary/aromatic N) is 3. The normalized spacial score (nSPS) is 16.1. The summed E-state index contributed by atoms with van der Waals surface area (Å²) in [6.45, 7) is 7.36. The van der Waals surface area contributed by atoms with Gasteiger partial charge in [-0.2, -0.15) is 0 Å². The minimum Gasteiger partial charge on any atom is -0.508 e. The third kappa shape index (κ3) is 4.80. The fourth-order valence-corrected chi connectivity index (χ4v) is 4.37. The summed E-state index contributed by atoms with van der Waals surface area (Å²) in [4.78, 5) is 33.6. The Balaban J connectivity index is 1.57. The van der Waals surface area contributed by atoms with Gasteiger partial charge >= 0.3 is 6.09 Å². The smallest absolute Gasteiger partial charge is 0.410 e. The zero-order chi connectivity index (χ0) is 24.4. The van der Waals surface area contributed by atoms with Crippen LogP contribution in [0.4, 0.5) is 4.79 Å². The highest BCUT2D eigenvalue weighted by Crippen LogP contribution is 2.31. The summed E-state index contributed by atoms with van der Waals surface area (Å²) in [5.41, 5.74) is 3.24. The molecule has 34 heavy (non-hydrogen) atoms. The predicted molar refractivity (Wildman–Crippen MR) is 132 cm³/mol. The summed E-state index contributed by atoms with van der Waals surface area (Å²) in [5.74, 6) is 0.0675. The van der Waals surface area contributed by atoms with E-state index in [0.717, 1.165) is 22.9 Å². The van der Waals surface area contributed by atoms with E-state index in [0.29, 0.717) is 48.0 Å². The number of carbonyl (C=O) groups excluding carboxylic acids is 2. The molecule has 2 heterocycles. The standard InChI is InChI=1S/C26H28ClN3O4/c1-4-11-34-26(33)30-10-9-29(15-17(30)3)25(32)19-7-8-20-21(27)14-22(28-23(20)12-19)18-6-5-16(2)24(31)13-18/h5-8,12-14,17,31H,4,9-11,15H2,1-3H3. The van der Waals surface area contributed by atoms with Gasteiger partial charge in [0.1, 0.15) is 5.75 Å². The quantitative estimate of drug-likeness (QED) is 0.549. The number of carbonyl (C=O) groups is 2. The van der Waals surface area contributed by atoms with E-state index in [2.05, 4.69) is 0 Å². The molecular formula is C26H28ClN3O4. The average Bonchev–Trinajstić information content (AvgIpc) is 2.83. The number of aromatic nitrogens is 1. The van der Waals surface area contributed by atoms with Gasteiger partial charge in [0, 0.05) is 42.2 Å². The van der Waals surface area contributed by atoms with Crippen LogP contribution < -0.4 is 0 Å². The molecule has 178 valence electrons. The van der Waals surface area contributed by atoms with Crippen molar-refractivity contribution in [1.82, 2.24) is 14.8 Å². The number of phenolic OH excluding ortho intramolecular Hbond substituents is 1. The zero-order valence-electron chi connectivity index (χ0n) is 19.5. The highest BCUT2D eigenvalue weighted by Gasteiger charge is 2.31. The van der Waals surface area contributed by atoms with Crippen LogP contribution in [0.1, 0.15) is 36.2 Å². The second-order valence-electron chi connectivity index (χ2n) is 8.63. The lowest BCUT2D eigenvalue weighted by Gasteiger charge is -2.39. The van der Waals surface area contributed by atoms with Gasteiger partial charge in [0.15, 0.2) is 0 Å². The molecule has 1 saturated heterocycles. The third-order valence-corrected chi connectivity index (χ3v) is 6.40. The molecule has 1 N–H and O–H groups in total. The number of amides is 2. The number of fused-ring (bicyclic) bond motifs is 1. The van der Waals surface area contributed by atoms with Crippen LogP contribution in [0, 0.1) is 6.92 Å². The minimum absolute atomic E-state index is 0.119. The Morgan fingerprint density at radius 3 is 2.68 bits per heavy atom. The number of hydrogen-bond donors (Lipinski definition) is 1. The van der Waals surface area contributed by atoms with Crippen LogP contribution in [0.2, 0.25) is 5.02 Å². The first-order valence-electron chi connectivity index (χ1n) is 11.4. The van der Waals surface area contributed by atoms with Crippen LogP contribution in [0.5, 0.6) is 5.75 Å². The molecule has 1 unspecified atom stereocenters. The van der Waals surface area contributed by atoms with Gasteiger partial charge in [0.05, 0.1) is 22.8 Å². The van der Waals surface area contributed by atoms with Crippen molar-refractivity contribution in [2.75, 3.05) is 26.2 Å². The van der Waals surface area contributed by atoms with E-state index in [1.807, 2.05) is 32.9 Å².